The Labute approximate surface area is 138 Å². The first-order valence-electron chi connectivity index (χ1n) is 7.43. The van der Waals surface area contributed by atoms with Gasteiger partial charge in [0.25, 0.3) is 5.91 Å². The number of nitrogens with two attached hydrogens (primary N) is 1. The number of halogens is 1. The second-order valence-electron chi connectivity index (χ2n) is 5.36. The smallest absolute Gasteiger partial charge is 0.251 e. The quantitative estimate of drug-likeness (QED) is 0.772. The summed E-state index contributed by atoms with van der Waals surface area (Å²) in [5, 5.41) is 0. The molecule has 1 aromatic rings. The Morgan fingerprint density at radius 2 is 2.09 bits per heavy atom. The Hall–Kier alpha value is -1.14. The first-order chi connectivity index (χ1) is 10.2. The molecule has 0 saturated carbocycles. The molecule has 0 radical (unpaired) electrons. The van der Waals surface area contributed by atoms with Crippen LogP contribution in [0.25, 0.3) is 0 Å². The van der Waals surface area contributed by atoms with Gasteiger partial charge in [-0.3, -0.25) is 4.79 Å². The van der Waals surface area contributed by atoms with Crippen LogP contribution in [0, 0.1) is 0 Å². The maximum atomic E-state index is 12.2. The van der Waals surface area contributed by atoms with Gasteiger partial charge in [0.15, 0.2) is 0 Å². The van der Waals surface area contributed by atoms with Crippen molar-refractivity contribution >= 4 is 18.3 Å². The fourth-order valence-corrected chi connectivity index (χ4v) is 2.38. The molecule has 1 heterocycles. The number of carbonyl (C=O) groups is 1. The number of ether oxygens (including phenoxy) is 2. The Kier molecular flexibility index (Phi) is 8.42. The minimum absolute atomic E-state index is 0. The molecule has 5 nitrogen and oxygen atoms in total. The number of likely N-dealkylation sites (N-methyl/N-ethyl adjacent to an activating group) is 1. The van der Waals surface area contributed by atoms with Gasteiger partial charge in [-0.05, 0) is 18.4 Å². The lowest BCUT2D eigenvalue weighted by atomic mass is 10.2. The highest BCUT2D eigenvalue weighted by Crippen LogP contribution is 2.20. The summed E-state index contributed by atoms with van der Waals surface area (Å²) in [7, 11) is 1.79. The molecule has 0 bridgehead atoms. The van der Waals surface area contributed by atoms with E-state index in [1.807, 2.05) is 30.3 Å². The van der Waals surface area contributed by atoms with Crippen LogP contribution in [0.2, 0.25) is 0 Å². The third kappa shape index (κ3) is 5.57. The van der Waals surface area contributed by atoms with Gasteiger partial charge in [-0.2, -0.15) is 0 Å². The number of hydrogen-bond donors (Lipinski definition) is 1. The first kappa shape index (κ1) is 18.9. The topological polar surface area (TPSA) is 64.8 Å². The van der Waals surface area contributed by atoms with E-state index in [9.17, 15) is 4.79 Å². The van der Waals surface area contributed by atoms with Crippen LogP contribution >= 0.6 is 12.4 Å². The second kappa shape index (κ2) is 9.79. The average molecular weight is 329 g/mol. The number of hydrogen-bond acceptors (Lipinski definition) is 4. The number of nitrogens with zero attached hydrogens (tertiary/aromatic N) is 1. The lowest BCUT2D eigenvalue weighted by Crippen LogP contribution is -2.38. The summed E-state index contributed by atoms with van der Waals surface area (Å²) in [6.07, 6.45) is 1.32. The zero-order valence-corrected chi connectivity index (χ0v) is 13.8. The Morgan fingerprint density at radius 1 is 1.36 bits per heavy atom. The van der Waals surface area contributed by atoms with Gasteiger partial charge in [-0.25, -0.2) is 0 Å². The molecule has 1 saturated heterocycles. The highest BCUT2D eigenvalue weighted by Gasteiger charge is 2.31. The van der Waals surface area contributed by atoms with Crippen molar-refractivity contribution in [1.82, 2.24) is 4.90 Å². The van der Waals surface area contributed by atoms with Crippen molar-refractivity contribution in [3.8, 4) is 0 Å². The maximum absolute atomic E-state index is 12.2. The van der Waals surface area contributed by atoms with E-state index < -0.39 is 0 Å². The molecule has 1 fully saturated rings. The van der Waals surface area contributed by atoms with Crippen molar-refractivity contribution in [3.63, 3.8) is 0 Å². The minimum atomic E-state index is -0.335. The Balaban J connectivity index is 0.00000242. The molecule has 1 aliphatic heterocycles. The maximum Gasteiger partial charge on any atom is 0.251 e. The fourth-order valence-electron chi connectivity index (χ4n) is 2.38. The van der Waals surface area contributed by atoms with Gasteiger partial charge in [0.05, 0.1) is 19.3 Å². The number of rotatable bonds is 7. The van der Waals surface area contributed by atoms with Crippen molar-refractivity contribution in [2.45, 2.75) is 31.7 Å². The molecular formula is C16H25ClN2O3. The number of amides is 1. The first-order valence-corrected chi connectivity index (χ1v) is 7.43. The van der Waals surface area contributed by atoms with Gasteiger partial charge in [-0.15, -0.1) is 12.4 Å². The highest BCUT2D eigenvalue weighted by molar-refractivity contribution is 5.85. The molecule has 1 amide bonds. The molecule has 0 unspecified atom stereocenters. The summed E-state index contributed by atoms with van der Waals surface area (Å²) < 4.78 is 11.2. The molecule has 0 aromatic heterocycles. The monoisotopic (exact) mass is 328 g/mol. The van der Waals surface area contributed by atoms with Gasteiger partial charge in [-0.1, -0.05) is 30.3 Å². The number of carbonyl (C=O) groups excluding carboxylic acids is 1. The molecule has 0 aliphatic carbocycles. The zero-order chi connectivity index (χ0) is 15.1. The van der Waals surface area contributed by atoms with Crippen LogP contribution in [0.4, 0.5) is 0 Å². The lowest BCUT2D eigenvalue weighted by Gasteiger charge is -2.21. The molecule has 124 valence electrons. The SMILES string of the molecule is CN(CCOCc1ccccc1)C(=O)[C@@H]1CC[C@H](CN)O1.Cl. The van der Waals surface area contributed by atoms with E-state index >= 15 is 0 Å². The highest BCUT2D eigenvalue weighted by atomic mass is 35.5. The van der Waals surface area contributed by atoms with E-state index in [0.29, 0.717) is 26.3 Å². The van der Waals surface area contributed by atoms with Crippen LogP contribution in [0.1, 0.15) is 18.4 Å². The van der Waals surface area contributed by atoms with E-state index in [1.54, 1.807) is 11.9 Å². The predicted octanol–water partition coefficient (Wildman–Crippen LogP) is 1.59. The molecule has 2 rings (SSSR count). The van der Waals surface area contributed by atoms with Crippen molar-refractivity contribution < 1.29 is 14.3 Å². The summed E-state index contributed by atoms with van der Waals surface area (Å²) in [6.45, 7) is 2.13. The van der Waals surface area contributed by atoms with Crippen LogP contribution in [0.5, 0.6) is 0 Å². The van der Waals surface area contributed by atoms with E-state index in [0.717, 1.165) is 18.4 Å². The predicted molar refractivity (Wildman–Crippen MR) is 87.9 cm³/mol. The molecule has 2 N–H and O–H groups in total. The summed E-state index contributed by atoms with van der Waals surface area (Å²) in [4.78, 5) is 13.9. The molecule has 6 heteroatoms. The lowest BCUT2D eigenvalue weighted by molar-refractivity contribution is -0.142. The van der Waals surface area contributed by atoms with Gasteiger partial charge >= 0.3 is 0 Å². The van der Waals surface area contributed by atoms with Gasteiger partial charge in [0, 0.05) is 20.1 Å². The molecule has 2 atom stereocenters. The van der Waals surface area contributed by atoms with Gasteiger partial charge in [0.1, 0.15) is 6.10 Å². The van der Waals surface area contributed by atoms with E-state index in [4.69, 9.17) is 15.2 Å². The van der Waals surface area contributed by atoms with E-state index in [1.165, 1.54) is 0 Å². The van der Waals surface area contributed by atoms with Crippen LogP contribution in [0.15, 0.2) is 30.3 Å². The summed E-state index contributed by atoms with van der Waals surface area (Å²) in [6, 6.07) is 9.99. The van der Waals surface area contributed by atoms with E-state index in [2.05, 4.69) is 0 Å². The fraction of sp³-hybridized carbons (Fsp3) is 0.562. The second-order valence-corrected chi connectivity index (χ2v) is 5.36. The van der Waals surface area contributed by atoms with Crippen molar-refractivity contribution in [3.05, 3.63) is 35.9 Å². The van der Waals surface area contributed by atoms with Crippen LogP contribution < -0.4 is 5.73 Å². The number of benzene rings is 1. The summed E-state index contributed by atoms with van der Waals surface area (Å²) >= 11 is 0. The van der Waals surface area contributed by atoms with Gasteiger partial charge in [0.2, 0.25) is 0 Å². The molecule has 1 aromatic carbocycles. The normalized spacial score (nSPS) is 20.5. The van der Waals surface area contributed by atoms with E-state index in [-0.39, 0.29) is 30.5 Å². The van der Waals surface area contributed by atoms with Crippen molar-refractivity contribution in [2.24, 2.45) is 5.73 Å². The molecule has 0 spiro atoms. The van der Waals surface area contributed by atoms with Crippen LogP contribution in [0.3, 0.4) is 0 Å². The standard InChI is InChI=1S/C16H24N2O3.ClH/c1-18(16(19)15-8-7-14(11-17)21-15)9-10-20-12-13-5-3-2-4-6-13;/h2-6,14-15H,7-12,17H2,1H3;1H/t14-,15+;/m1./s1. The third-order valence-corrected chi connectivity index (χ3v) is 3.70. The molecule has 22 heavy (non-hydrogen) atoms. The van der Waals surface area contributed by atoms with Crippen molar-refractivity contribution in [2.75, 3.05) is 26.7 Å². The largest absolute Gasteiger partial charge is 0.375 e. The summed E-state index contributed by atoms with van der Waals surface area (Å²) in [5.74, 6) is 0.0225. The van der Waals surface area contributed by atoms with Gasteiger partial charge < -0.3 is 20.1 Å². The van der Waals surface area contributed by atoms with Crippen molar-refractivity contribution in [1.29, 1.82) is 0 Å². The van der Waals surface area contributed by atoms with Crippen LogP contribution in [-0.4, -0.2) is 49.8 Å². The molecular weight excluding hydrogens is 304 g/mol. The van der Waals surface area contributed by atoms with Crippen LogP contribution in [-0.2, 0) is 20.9 Å². The molecule has 1 aliphatic rings. The zero-order valence-electron chi connectivity index (χ0n) is 12.9. The average Bonchev–Trinajstić information content (AvgIpc) is 3.00. The minimum Gasteiger partial charge on any atom is -0.375 e. The Morgan fingerprint density at radius 3 is 2.73 bits per heavy atom. The summed E-state index contributed by atoms with van der Waals surface area (Å²) in [5.41, 5.74) is 6.69. The Bertz CT molecular complexity index is 444. The third-order valence-electron chi connectivity index (χ3n) is 3.70.